The third-order valence-corrected chi connectivity index (χ3v) is 4.97. The number of halogens is 1. The number of aromatic nitrogens is 2. The molecule has 0 unspecified atom stereocenters. The van der Waals surface area contributed by atoms with Crippen molar-refractivity contribution in [1.29, 1.82) is 0 Å². The Labute approximate surface area is 196 Å². The highest BCUT2D eigenvalue weighted by molar-refractivity contribution is 5.92. The Morgan fingerprint density at radius 3 is 2.79 bits per heavy atom. The zero-order valence-corrected chi connectivity index (χ0v) is 18.7. The van der Waals surface area contributed by atoms with Crippen LogP contribution in [0.5, 0.6) is 5.75 Å². The molecule has 1 saturated heterocycles. The first-order valence-corrected chi connectivity index (χ1v) is 10.8. The van der Waals surface area contributed by atoms with Crippen LogP contribution in [0.1, 0.15) is 11.1 Å². The van der Waals surface area contributed by atoms with Gasteiger partial charge in [-0.25, -0.2) is 14.8 Å². The zero-order chi connectivity index (χ0) is 23.8. The number of nitrogens with one attached hydrogen (secondary N) is 2. The molecule has 3 aromatic rings. The molecule has 176 valence electrons. The second-order valence-electron chi connectivity index (χ2n) is 7.61. The number of amides is 1. The first kappa shape index (κ1) is 23.1. The summed E-state index contributed by atoms with van der Waals surface area (Å²) in [7, 11) is 0. The van der Waals surface area contributed by atoms with Gasteiger partial charge in [-0.3, -0.25) is 4.79 Å². The maximum atomic E-state index is 14.1. The van der Waals surface area contributed by atoms with Crippen molar-refractivity contribution in [3.63, 3.8) is 0 Å². The lowest BCUT2D eigenvalue weighted by atomic mass is 10.2. The van der Waals surface area contributed by atoms with Gasteiger partial charge in [0.05, 0.1) is 25.6 Å². The van der Waals surface area contributed by atoms with Gasteiger partial charge in [0, 0.05) is 18.8 Å². The standard InChI is InChI=1S/C24H25FN6O3/c1-17-3-2-4-19(13-17)28-22(32)16-34-20-7-5-18(6-8-20)14-27-30-24-26-15-21(25)23(29-24)31-9-11-33-12-10-31/h2-8,13-15H,9-12,16H2,1H3,(H,28,32)(H,26,29,30)/b27-14+. The first-order valence-electron chi connectivity index (χ1n) is 10.8. The largest absolute Gasteiger partial charge is 0.484 e. The predicted octanol–water partition coefficient (Wildman–Crippen LogP) is 3.22. The molecule has 1 aromatic heterocycles. The summed E-state index contributed by atoms with van der Waals surface area (Å²) in [5.74, 6) is 0.250. The van der Waals surface area contributed by atoms with Gasteiger partial charge in [0.2, 0.25) is 5.95 Å². The average molecular weight is 465 g/mol. The molecular weight excluding hydrogens is 439 g/mol. The third-order valence-electron chi connectivity index (χ3n) is 4.97. The van der Waals surface area contributed by atoms with E-state index in [4.69, 9.17) is 9.47 Å². The first-order chi connectivity index (χ1) is 16.6. The lowest BCUT2D eigenvalue weighted by Crippen LogP contribution is -2.37. The molecule has 2 N–H and O–H groups in total. The van der Waals surface area contributed by atoms with Gasteiger partial charge in [-0.1, -0.05) is 12.1 Å². The predicted molar refractivity (Wildman–Crippen MR) is 128 cm³/mol. The van der Waals surface area contributed by atoms with Crippen molar-refractivity contribution in [2.45, 2.75) is 6.92 Å². The lowest BCUT2D eigenvalue weighted by molar-refractivity contribution is -0.118. The smallest absolute Gasteiger partial charge is 0.262 e. The molecule has 4 rings (SSSR count). The van der Waals surface area contributed by atoms with Crippen LogP contribution in [0, 0.1) is 12.7 Å². The van der Waals surface area contributed by atoms with Crippen molar-refractivity contribution in [2.24, 2.45) is 5.10 Å². The number of hydrazone groups is 1. The van der Waals surface area contributed by atoms with Crippen LogP contribution in [0.3, 0.4) is 0 Å². The molecule has 10 heteroatoms. The molecule has 9 nitrogen and oxygen atoms in total. The van der Waals surface area contributed by atoms with Crippen molar-refractivity contribution in [3.8, 4) is 5.75 Å². The van der Waals surface area contributed by atoms with E-state index in [-0.39, 0.29) is 24.3 Å². The summed E-state index contributed by atoms with van der Waals surface area (Å²) < 4.78 is 24.9. The van der Waals surface area contributed by atoms with Crippen LogP contribution in [-0.2, 0) is 9.53 Å². The van der Waals surface area contributed by atoms with Crippen molar-refractivity contribution in [3.05, 3.63) is 71.7 Å². The highest BCUT2D eigenvalue weighted by atomic mass is 19.1. The van der Waals surface area contributed by atoms with Gasteiger partial charge in [-0.15, -0.1) is 0 Å². The third kappa shape index (κ3) is 6.48. The number of hydrogen-bond acceptors (Lipinski definition) is 8. The molecule has 1 aliphatic rings. The van der Waals surface area contributed by atoms with E-state index in [2.05, 4.69) is 25.8 Å². The molecule has 0 aliphatic carbocycles. The Bertz CT molecular complexity index is 1150. The molecular formula is C24H25FN6O3. The molecule has 0 saturated carbocycles. The van der Waals surface area contributed by atoms with Crippen molar-refractivity contribution >= 4 is 29.6 Å². The van der Waals surface area contributed by atoms with Gasteiger partial charge in [-0.05, 0) is 54.4 Å². The summed E-state index contributed by atoms with van der Waals surface area (Å²) in [5.41, 5.74) is 5.31. The molecule has 2 heterocycles. The van der Waals surface area contributed by atoms with E-state index in [0.717, 1.165) is 23.0 Å². The lowest BCUT2D eigenvalue weighted by Gasteiger charge is -2.27. The van der Waals surface area contributed by atoms with E-state index in [1.807, 2.05) is 36.1 Å². The Kier molecular flexibility index (Phi) is 7.61. The minimum atomic E-state index is -0.486. The minimum Gasteiger partial charge on any atom is -0.484 e. The second-order valence-corrected chi connectivity index (χ2v) is 7.61. The van der Waals surface area contributed by atoms with Crippen LogP contribution in [-0.4, -0.2) is 55.0 Å². The number of carbonyl (C=O) groups excluding carboxylic acids is 1. The molecule has 0 atom stereocenters. The maximum Gasteiger partial charge on any atom is 0.262 e. The van der Waals surface area contributed by atoms with E-state index >= 15 is 0 Å². The Morgan fingerprint density at radius 1 is 1.24 bits per heavy atom. The van der Waals surface area contributed by atoms with Crippen LogP contribution < -0.4 is 20.4 Å². The number of carbonyl (C=O) groups is 1. The van der Waals surface area contributed by atoms with Gasteiger partial charge >= 0.3 is 0 Å². The van der Waals surface area contributed by atoms with E-state index < -0.39 is 5.82 Å². The number of aryl methyl sites for hydroxylation is 1. The van der Waals surface area contributed by atoms with Crippen molar-refractivity contribution in [2.75, 3.05) is 48.6 Å². The van der Waals surface area contributed by atoms with Crippen LogP contribution >= 0.6 is 0 Å². The summed E-state index contributed by atoms with van der Waals surface area (Å²) in [6, 6.07) is 14.6. The fourth-order valence-electron chi connectivity index (χ4n) is 3.29. The second kappa shape index (κ2) is 11.2. The topological polar surface area (TPSA) is 101 Å². The summed E-state index contributed by atoms with van der Waals surface area (Å²) in [6.45, 7) is 4.05. The maximum absolute atomic E-state index is 14.1. The normalized spacial score (nSPS) is 13.6. The van der Waals surface area contributed by atoms with E-state index in [1.54, 1.807) is 30.5 Å². The van der Waals surface area contributed by atoms with Crippen LogP contribution in [0.15, 0.2) is 59.8 Å². The number of nitrogens with zero attached hydrogens (tertiary/aromatic N) is 4. The quantitative estimate of drug-likeness (QED) is 0.390. The fourth-order valence-corrected chi connectivity index (χ4v) is 3.29. The minimum absolute atomic E-state index is 0.101. The number of hydrogen-bond donors (Lipinski definition) is 2. The molecule has 1 amide bonds. The van der Waals surface area contributed by atoms with E-state index in [9.17, 15) is 9.18 Å². The summed E-state index contributed by atoms with van der Waals surface area (Å²) >= 11 is 0. The Balaban J connectivity index is 1.27. The average Bonchev–Trinajstić information content (AvgIpc) is 2.85. The molecule has 1 aliphatic heterocycles. The van der Waals surface area contributed by atoms with Gasteiger partial charge in [0.1, 0.15) is 5.75 Å². The van der Waals surface area contributed by atoms with Crippen molar-refractivity contribution in [1.82, 2.24) is 9.97 Å². The molecule has 34 heavy (non-hydrogen) atoms. The van der Waals surface area contributed by atoms with Crippen LogP contribution in [0.2, 0.25) is 0 Å². The highest BCUT2D eigenvalue weighted by Gasteiger charge is 2.17. The van der Waals surface area contributed by atoms with Gasteiger partial charge in [-0.2, -0.15) is 10.1 Å². The Hall–Kier alpha value is -4.05. The number of morpholine rings is 1. The molecule has 0 spiro atoms. The van der Waals surface area contributed by atoms with Gasteiger partial charge in [0.25, 0.3) is 5.91 Å². The molecule has 1 fully saturated rings. The number of ether oxygens (including phenoxy) is 2. The monoisotopic (exact) mass is 464 g/mol. The fraction of sp³-hybridized carbons (Fsp3) is 0.250. The summed E-state index contributed by atoms with van der Waals surface area (Å²) in [5, 5.41) is 6.91. The van der Waals surface area contributed by atoms with E-state index in [1.165, 1.54) is 0 Å². The SMILES string of the molecule is Cc1cccc(NC(=O)COc2ccc(/C=N/Nc3ncc(F)c(N4CCOCC4)n3)cc2)c1. The number of benzene rings is 2. The van der Waals surface area contributed by atoms with Crippen LogP contribution in [0.25, 0.3) is 0 Å². The van der Waals surface area contributed by atoms with Gasteiger partial charge < -0.3 is 19.7 Å². The number of anilines is 3. The van der Waals surface area contributed by atoms with Crippen molar-refractivity contribution < 1.29 is 18.7 Å². The summed E-state index contributed by atoms with van der Waals surface area (Å²) in [6.07, 6.45) is 2.70. The van der Waals surface area contributed by atoms with Crippen LogP contribution in [0.4, 0.5) is 21.8 Å². The van der Waals surface area contributed by atoms with Gasteiger partial charge in [0.15, 0.2) is 18.2 Å². The summed E-state index contributed by atoms with van der Waals surface area (Å²) in [4.78, 5) is 22.0. The zero-order valence-electron chi connectivity index (χ0n) is 18.7. The Morgan fingerprint density at radius 2 is 2.03 bits per heavy atom. The molecule has 2 aromatic carbocycles. The van der Waals surface area contributed by atoms with E-state index in [0.29, 0.717) is 32.1 Å². The number of rotatable bonds is 8. The highest BCUT2D eigenvalue weighted by Crippen LogP contribution is 2.18. The molecule has 0 radical (unpaired) electrons. The molecule has 0 bridgehead atoms.